The fraction of sp³-hybridized carbons (Fsp3) is 0.571. The molecule has 0 aromatic heterocycles. The number of hydrogen-bond acceptors (Lipinski definition) is 3. The van der Waals surface area contributed by atoms with Gasteiger partial charge >= 0.3 is 0 Å². The first-order chi connectivity index (χ1) is 8.85. The van der Waals surface area contributed by atoms with Gasteiger partial charge in [-0.05, 0) is 38.5 Å². The van der Waals surface area contributed by atoms with Gasteiger partial charge in [0.1, 0.15) is 0 Å². The minimum atomic E-state index is -0.953. The van der Waals surface area contributed by atoms with Crippen LogP contribution in [-0.4, -0.2) is 30.4 Å². The summed E-state index contributed by atoms with van der Waals surface area (Å²) < 4.78 is 31.3. The van der Waals surface area contributed by atoms with Gasteiger partial charge in [-0.25, -0.2) is 8.78 Å². The molecule has 5 heteroatoms. The molecule has 2 N–H and O–H groups in total. The van der Waals surface area contributed by atoms with Crippen molar-refractivity contribution in [3.05, 3.63) is 35.4 Å². The second kappa shape index (κ2) is 6.93. The number of aliphatic hydroxyl groups excluding tert-OH is 1. The maximum atomic E-state index is 13.0. The van der Waals surface area contributed by atoms with Crippen LogP contribution in [0.25, 0.3) is 0 Å². The van der Waals surface area contributed by atoms with E-state index in [0.29, 0.717) is 18.7 Å². The van der Waals surface area contributed by atoms with Gasteiger partial charge in [-0.3, -0.25) is 0 Å². The van der Waals surface area contributed by atoms with Crippen LogP contribution in [-0.2, 0) is 4.74 Å². The zero-order valence-corrected chi connectivity index (χ0v) is 11.5. The van der Waals surface area contributed by atoms with E-state index in [4.69, 9.17) is 4.74 Å². The van der Waals surface area contributed by atoms with E-state index in [1.165, 1.54) is 6.07 Å². The summed E-state index contributed by atoms with van der Waals surface area (Å²) in [7, 11) is 0. The minimum absolute atomic E-state index is 0.252. The van der Waals surface area contributed by atoms with E-state index in [2.05, 4.69) is 5.32 Å². The van der Waals surface area contributed by atoms with Crippen molar-refractivity contribution in [1.82, 2.24) is 5.32 Å². The maximum absolute atomic E-state index is 13.0. The molecule has 1 atom stereocenters. The minimum Gasteiger partial charge on any atom is -0.387 e. The highest BCUT2D eigenvalue weighted by molar-refractivity contribution is 5.20. The van der Waals surface area contributed by atoms with Crippen molar-refractivity contribution in [3.8, 4) is 0 Å². The van der Waals surface area contributed by atoms with Crippen LogP contribution in [0, 0.1) is 11.6 Å². The molecule has 1 aromatic carbocycles. The van der Waals surface area contributed by atoms with Gasteiger partial charge in [-0.15, -0.1) is 0 Å². The lowest BCUT2D eigenvalue weighted by atomic mass is 10.1. The Bertz CT molecular complexity index is 410. The Morgan fingerprint density at radius 1 is 1.32 bits per heavy atom. The monoisotopic (exact) mass is 273 g/mol. The summed E-state index contributed by atoms with van der Waals surface area (Å²) in [5.41, 5.74) is 0.0170. The number of halogens is 2. The Morgan fingerprint density at radius 2 is 2.00 bits per heavy atom. The standard InChI is InChI=1S/C14H21F2NO2/c1-4-19-14(2,3)9-17-8-13(18)10-5-6-11(15)12(16)7-10/h5-7,13,17-18H,4,8-9H2,1-3H3. The highest BCUT2D eigenvalue weighted by atomic mass is 19.2. The molecule has 0 saturated carbocycles. The van der Waals surface area contributed by atoms with Crippen molar-refractivity contribution in [3.63, 3.8) is 0 Å². The van der Waals surface area contributed by atoms with E-state index in [9.17, 15) is 13.9 Å². The molecular weight excluding hydrogens is 252 g/mol. The van der Waals surface area contributed by atoms with Crippen molar-refractivity contribution in [2.24, 2.45) is 0 Å². The van der Waals surface area contributed by atoms with Gasteiger partial charge in [-0.1, -0.05) is 6.07 Å². The Labute approximate surface area is 112 Å². The van der Waals surface area contributed by atoms with Gasteiger partial charge < -0.3 is 15.2 Å². The van der Waals surface area contributed by atoms with E-state index in [1.807, 2.05) is 20.8 Å². The highest BCUT2D eigenvalue weighted by Crippen LogP contribution is 2.16. The molecule has 19 heavy (non-hydrogen) atoms. The Balaban J connectivity index is 2.47. The first kappa shape index (κ1) is 16.0. The van der Waals surface area contributed by atoms with Gasteiger partial charge in [-0.2, -0.15) is 0 Å². The van der Waals surface area contributed by atoms with Crippen LogP contribution >= 0.6 is 0 Å². The molecule has 0 saturated heterocycles. The fourth-order valence-corrected chi connectivity index (χ4v) is 1.79. The Morgan fingerprint density at radius 3 is 2.58 bits per heavy atom. The molecule has 0 aliphatic heterocycles. The summed E-state index contributed by atoms with van der Waals surface area (Å²) in [5.74, 6) is -1.87. The molecule has 0 aliphatic carbocycles. The molecule has 1 rings (SSSR count). The maximum Gasteiger partial charge on any atom is 0.159 e. The van der Waals surface area contributed by atoms with Crippen LogP contribution in [0.1, 0.15) is 32.4 Å². The zero-order valence-electron chi connectivity index (χ0n) is 11.5. The van der Waals surface area contributed by atoms with E-state index in [0.717, 1.165) is 12.1 Å². The second-order valence-corrected chi connectivity index (χ2v) is 5.01. The highest BCUT2D eigenvalue weighted by Gasteiger charge is 2.18. The van der Waals surface area contributed by atoms with Crippen LogP contribution in [0.5, 0.6) is 0 Å². The van der Waals surface area contributed by atoms with Crippen molar-refractivity contribution in [2.45, 2.75) is 32.5 Å². The predicted octanol–water partition coefficient (Wildman–Crippen LogP) is 2.40. The fourth-order valence-electron chi connectivity index (χ4n) is 1.79. The van der Waals surface area contributed by atoms with E-state index in [1.54, 1.807) is 0 Å². The lowest BCUT2D eigenvalue weighted by molar-refractivity contribution is -0.0104. The molecular formula is C14H21F2NO2. The SMILES string of the molecule is CCOC(C)(C)CNCC(O)c1ccc(F)c(F)c1. The number of ether oxygens (including phenoxy) is 1. The Kier molecular flexibility index (Phi) is 5.85. The van der Waals surface area contributed by atoms with Crippen LogP contribution in [0.2, 0.25) is 0 Å². The molecule has 0 bridgehead atoms. The predicted molar refractivity (Wildman–Crippen MR) is 69.9 cm³/mol. The van der Waals surface area contributed by atoms with Gasteiger partial charge in [0.15, 0.2) is 11.6 Å². The second-order valence-electron chi connectivity index (χ2n) is 5.01. The Hall–Kier alpha value is -1.04. The van der Waals surface area contributed by atoms with E-state index >= 15 is 0 Å². The summed E-state index contributed by atoms with van der Waals surface area (Å²) >= 11 is 0. The topological polar surface area (TPSA) is 41.5 Å². The van der Waals surface area contributed by atoms with E-state index < -0.39 is 17.7 Å². The average molecular weight is 273 g/mol. The van der Waals surface area contributed by atoms with Crippen molar-refractivity contribution in [1.29, 1.82) is 0 Å². The lowest BCUT2D eigenvalue weighted by Gasteiger charge is -2.25. The van der Waals surface area contributed by atoms with Crippen LogP contribution in [0.15, 0.2) is 18.2 Å². The first-order valence-corrected chi connectivity index (χ1v) is 6.33. The molecule has 108 valence electrons. The molecule has 3 nitrogen and oxygen atoms in total. The van der Waals surface area contributed by atoms with Gasteiger partial charge in [0, 0.05) is 19.7 Å². The number of rotatable bonds is 7. The molecule has 1 unspecified atom stereocenters. The summed E-state index contributed by atoms with van der Waals surface area (Å²) in [5, 5.41) is 12.9. The third-order valence-electron chi connectivity index (χ3n) is 2.75. The molecule has 0 fully saturated rings. The molecule has 1 aromatic rings. The summed E-state index contributed by atoms with van der Waals surface area (Å²) in [4.78, 5) is 0. The lowest BCUT2D eigenvalue weighted by Crippen LogP contribution is -2.39. The van der Waals surface area contributed by atoms with Crippen LogP contribution in [0.3, 0.4) is 0 Å². The molecule has 0 amide bonds. The summed E-state index contributed by atoms with van der Waals surface area (Å²) in [6.45, 7) is 7.21. The van der Waals surface area contributed by atoms with Crippen molar-refractivity contribution >= 4 is 0 Å². The number of nitrogens with one attached hydrogen (secondary N) is 1. The van der Waals surface area contributed by atoms with Crippen molar-refractivity contribution in [2.75, 3.05) is 19.7 Å². The average Bonchev–Trinajstić information content (AvgIpc) is 2.32. The van der Waals surface area contributed by atoms with E-state index in [-0.39, 0.29) is 12.1 Å². The molecule has 0 aliphatic rings. The van der Waals surface area contributed by atoms with Gasteiger partial charge in [0.25, 0.3) is 0 Å². The van der Waals surface area contributed by atoms with Crippen LogP contribution < -0.4 is 5.32 Å². The third kappa shape index (κ3) is 5.22. The van der Waals surface area contributed by atoms with Gasteiger partial charge in [0.2, 0.25) is 0 Å². The quantitative estimate of drug-likeness (QED) is 0.801. The smallest absolute Gasteiger partial charge is 0.159 e. The number of hydrogen-bond donors (Lipinski definition) is 2. The van der Waals surface area contributed by atoms with Crippen LogP contribution in [0.4, 0.5) is 8.78 Å². The number of aliphatic hydroxyl groups is 1. The van der Waals surface area contributed by atoms with Crippen molar-refractivity contribution < 1.29 is 18.6 Å². The normalized spacial score (nSPS) is 13.6. The number of benzene rings is 1. The third-order valence-corrected chi connectivity index (χ3v) is 2.75. The zero-order chi connectivity index (χ0) is 14.5. The van der Waals surface area contributed by atoms with Gasteiger partial charge in [0.05, 0.1) is 11.7 Å². The molecule has 0 spiro atoms. The molecule has 0 heterocycles. The summed E-state index contributed by atoms with van der Waals surface area (Å²) in [6, 6.07) is 3.39. The largest absolute Gasteiger partial charge is 0.387 e. The summed E-state index contributed by atoms with van der Waals surface area (Å²) in [6.07, 6.45) is -0.882. The first-order valence-electron chi connectivity index (χ1n) is 6.33. The molecule has 0 radical (unpaired) electrons.